The minimum Gasteiger partial charge on any atom is -0.465 e. The summed E-state index contributed by atoms with van der Waals surface area (Å²) in [5.74, 6) is -0.363. The van der Waals surface area contributed by atoms with Gasteiger partial charge in [0, 0.05) is 0 Å². The molecule has 0 bridgehead atoms. The molecule has 1 atom stereocenters. The fourth-order valence-electron chi connectivity index (χ4n) is 1.38. The van der Waals surface area contributed by atoms with E-state index in [1.54, 1.807) is 13.8 Å². The number of rotatable bonds is 5. The van der Waals surface area contributed by atoms with Crippen LogP contribution in [-0.4, -0.2) is 18.1 Å². The molecule has 0 heterocycles. The van der Waals surface area contributed by atoms with Crippen LogP contribution in [0, 0.1) is 0 Å². The fourth-order valence-corrected chi connectivity index (χ4v) is 1.38. The molecule has 3 heteroatoms. The van der Waals surface area contributed by atoms with Gasteiger partial charge in [-0.1, -0.05) is 42.5 Å². The number of hydrogen-bond donors (Lipinski definition) is 1. The van der Waals surface area contributed by atoms with Crippen molar-refractivity contribution in [3.05, 3.63) is 42.0 Å². The zero-order valence-corrected chi connectivity index (χ0v) is 10.3. The number of esters is 1. The van der Waals surface area contributed by atoms with Crippen LogP contribution in [0.1, 0.15) is 25.8 Å². The second-order valence-corrected chi connectivity index (χ2v) is 4.16. The molecule has 0 unspecified atom stereocenters. The van der Waals surface area contributed by atoms with Gasteiger partial charge in [0.15, 0.2) is 0 Å². The second kappa shape index (κ2) is 6.21. The van der Waals surface area contributed by atoms with Crippen molar-refractivity contribution in [2.24, 2.45) is 5.73 Å². The number of hydrogen-bond acceptors (Lipinski definition) is 3. The quantitative estimate of drug-likeness (QED) is 0.794. The average molecular weight is 233 g/mol. The molecule has 0 saturated carbocycles. The Morgan fingerprint density at radius 1 is 1.41 bits per heavy atom. The van der Waals surface area contributed by atoms with Crippen LogP contribution in [0.25, 0.3) is 6.08 Å². The first-order chi connectivity index (χ1) is 8.06. The summed E-state index contributed by atoms with van der Waals surface area (Å²) < 4.78 is 4.91. The molecule has 0 aliphatic carbocycles. The van der Waals surface area contributed by atoms with Crippen LogP contribution in [0.3, 0.4) is 0 Å². The van der Waals surface area contributed by atoms with Gasteiger partial charge in [-0.2, -0.15) is 0 Å². The zero-order valence-electron chi connectivity index (χ0n) is 10.3. The maximum Gasteiger partial charge on any atom is 0.326 e. The molecule has 0 radical (unpaired) electrons. The van der Waals surface area contributed by atoms with Crippen LogP contribution in [0.15, 0.2) is 36.4 Å². The van der Waals surface area contributed by atoms with Gasteiger partial charge in [0.2, 0.25) is 0 Å². The summed E-state index contributed by atoms with van der Waals surface area (Å²) in [4.78, 5) is 11.5. The van der Waals surface area contributed by atoms with Gasteiger partial charge >= 0.3 is 5.97 Å². The van der Waals surface area contributed by atoms with E-state index in [0.29, 0.717) is 13.0 Å². The first kappa shape index (κ1) is 13.5. The molecule has 0 spiro atoms. The Bertz CT molecular complexity index is 382. The first-order valence-electron chi connectivity index (χ1n) is 5.74. The van der Waals surface area contributed by atoms with Crippen LogP contribution >= 0.6 is 0 Å². The summed E-state index contributed by atoms with van der Waals surface area (Å²) in [5, 5.41) is 0. The summed E-state index contributed by atoms with van der Waals surface area (Å²) in [6, 6.07) is 9.88. The molecule has 0 aromatic heterocycles. The standard InChI is InChI=1S/C14H19NO2/c1-3-17-13(16)14(2,15)11-7-10-12-8-5-4-6-9-12/h4-10H,3,11,15H2,1-2H3/b10-7+/t14-/m1/s1. The van der Waals surface area contributed by atoms with Crippen molar-refractivity contribution < 1.29 is 9.53 Å². The highest BCUT2D eigenvalue weighted by Gasteiger charge is 2.28. The third-order valence-electron chi connectivity index (χ3n) is 2.39. The smallest absolute Gasteiger partial charge is 0.326 e. The van der Waals surface area contributed by atoms with Crippen molar-refractivity contribution in [2.75, 3.05) is 6.61 Å². The minimum atomic E-state index is -0.957. The first-order valence-corrected chi connectivity index (χ1v) is 5.74. The van der Waals surface area contributed by atoms with Crippen molar-refractivity contribution in [3.8, 4) is 0 Å². The number of ether oxygens (including phenoxy) is 1. The van der Waals surface area contributed by atoms with Crippen LogP contribution in [-0.2, 0) is 9.53 Å². The van der Waals surface area contributed by atoms with Crippen molar-refractivity contribution in [1.82, 2.24) is 0 Å². The van der Waals surface area contributed by atoms with Gasteiger partial charge in [0.05, 0.1) is 6.61 Å². The largest absolute Gasteiger partial charge is 0.465 e. The lowest BCUT2D eigenvalue weighted by atomic mass is 9.99. The van der Waals surface area contributed by atoms with Crippen molar-refractivity contribution in [3.63, 3.8) is 0 Å². The van der Waals surface area contributed by atoms with Gasteiger partial charge in [0.25, 0.3) is 0 Å². The number of benzene rings is 1. The van der Waals surface area contributed by atoms with E-state index >= 15 is 0 Å². The summed E-state index contributed by atoms with van der Waals surface area (Å²) in [6.45, 7) is 3.81. The number of carbonyl (C=O) groups is 1. The second-order valence-electron chi connectivity index (χ2n) is 4.16. The maximum absolute atomic E-state index is 11.5. The average Bonchev–Trinajstić information content (AvgIpc) is 2.30. The molecule has 3 nitrogen and oxygen atoms in total. The summed E-state index contributed by atoms with van der Waals surface area (Å²) >= 11 is 0. The summed E-state index contributed by atoms with van der Waals surface area (Å²) in [5.41, 5.74) is 6.02. The third-order valence-corrected chi connectivity index (χ3v) is 2.39. The molecule has 1 rings (SSSR count). The predicted molar refractivity (Wildman–Crippen MR) is 69.3 cm³/mol. The van der Waals surface area contributed by atoms with Crippen LogP contribution in [0.4, 0.5) is 0 Å². The molecule has 17 heavy (non-hydrogen) atoms. The highest BCUT2D eigenvalue weighted by molar-refractivity contribution is 5.80. The van der Waals surface area contributed by atoms with Gasteiger partial charge in [-0.3, -0.25) is 4.79 Å². The maximum atomic E-state index is 11.5. The van der Waals surface area contributed by atoms with Crippen LogP contribution in [0.2, 0.25) is 0 Å². The van der Waals surface area contributed by atoms with E-state index in [9.17, 15) is 4.79 Å². The molecule has 0 saturated heterocycles. The molecule has 1 aromatic carbocycles. The zero-order chi connectivity index (χ0) is 12.7. The molecule has 0 aliphatic heterocycles. The van der Waals surface area contributed by atoms with Gasteiger partial charge in [0.1, 0.15) is 5.54 Å². The van der Waals surface area contributed by atoms with E-state index in [1.807, 2.05) is 42.5 Å². The van der Waals surface area contributed by atoms with E-state index in [2.05, 4.69) is 0 Å². The number of nitrogens with two attached hydrogens (primary N) is 1. The van der Waals surface area contributed by atoms with E-state index in [1.165, 1.54) is 0 Å². The SMILES string of the molecule is CCOC(=O)[C@](C)(N)C/C=C/c1ccccc1. The monoisotopic (exact) mass is 233 g/mol. The third kappa shape index (κ3) is 4.41. The van der Waals surface area contributed by atoms with E-state index in [4.69, 9.17) is 10.5 Å². The molecule has 0 aliphatic rings. The Morgan fingerprint density at radius 2 is 2.06 bits per heavy atom. The molecule has 0 amide bonds. The van der Waals surface area contributed by atoms with E-state index in [0.717, 1.165) is 5.56 Å². The fraction of sp³-hybridized carbons (Fsp3) is 0.357. The Labute approximate surface area is 102 Å². The lowest BCUT2D eigenvalue weighted by molar-refractivity contribution is -0.148. The molecular weight excluding hydrogens is 214 g/mol. The molecular formula is C14H19NO2. The normalized spacial score (nSPS) is 14.5. The van der Waals surface area contributed by atoms with E-state index in [-0.39, 0.29) is 5.97 Å². The highest BCUT2D eigenvalue weighted by Crippen LogP contribution is 2.11. The molecule has 0 fully saturated rings. The van der Waals surface area contributed by atoms with Crippen molar-refractivity contribution in [2.45, 2.75) is 25.8 Å². The molecule has 92 valence electrons. The Hall–Kier alpha value is -1.61. The summed E-state index contributed by atoms with van der Waals surface area (Å²) in [7, 11) is 0. The van der Waals surface area contributed by atoms with Gasteiger partial charge < -0.3 is 10.5 Å². The van der Waals surface area contributed by atoms with Crippen molar-refractivity contribution >= 4 is 12.0 Å². The van der Waals surface area contributed by atoms with Gasteiger partial charge in [-0.05, 0) is 25.8 Å². The minimum absolute atomic E-state index is 0.355. The number of carbonyl (C=O) groups excluding carboxylic acids is 1. The van der Waals surface area contributed by atoms with Crippen molar-refractivity contribution in [1.29, 1.82) is 0 Å². The Balaban J connectivity index is 2.55. The summed E-state index contributed by atoms with van der Waals surface area (Å²) in [6.07, 6.45) is 4.30. The molecule has 2 N–H and O–H groups in total. The lowest BCUT2D eigenvalue weighted by Gasteiger charge is -2.20. The van der Waals surface area contributed by atoms with E-state index < -0.39 is 5.54 Å². The van der Waals surface area contributed by atoms with Gasteiger partial charge in [-0.15, -0.1) is 0 Å². The molecule has 1 aromatic rings. The van der Waals surface area contributed by atoms with Crippen LogP contribution in [0.5, 0.6) is 0 Å². The Kier molecular flexibility index (Phi) is 4.91. The highest BCUT2D eigenvalue weighted by atomic mass is 16.5. The van der Waals surface area contributed by atoms with Crippen LogP contribution < -0.4 is 5.73 Å². The Morgan fingerprint density at radius 3 is 2.65 bits per heavy atom. The van der Waals surface area contributed by atoms with Gasteiger partial charge in [-0.25, -0.2) is 0 Å². The lowest BCUT2D eigenvalue weighted by Crippen LogP contribution is -2.45. The topological polar surface area (TPSA) is 52.3 Å². The predicted octanol–water partition coefficient (Wildman–Crippen LogP) is 2.37.